The van der Waals surface area contributed by atoms with Crippen LogP contribution >= 0.6 is 0 Å². The summed E-state index contributed by atoms with van der Waals surface area (Å²) in [5.41, 5.74) is 8.69. The minimum absolute atomic E-state index is 0.00583. The number of ether oxygens (including phenoxy) is 11. The number of fused-ring (bicyclic) bond motifs is 6. The molecule has 0 aromatic heterocycles. The van der Waals surface area contributed by atoms with E-state index < -0.39 is 150 Å². The van der Waals surface area contributed by atoms with Crippen LogP contribution in [-0.2, 0) is 113 Å². The summed E-state index contributed by atoms with van der Waals surface area (Å²) >= 11 is 0. The molecular formula is C104H132N10O30. The number of nitrogens with zero attached hydrogens (tertiary/aromatic N) is 7. The number of carbonyl (C=O) groups is 15. The molecule has 7 fully saturated rings. The van der Waals surface area contributed by atoms with Crippen molar-refractivity contribution in [2.45, 2.75) is 235 Å². The maximum atomic E-state index is 13.9. The van der Waals surface area contributed by atoms with Crippen LogP contribution in [0, 0.1) is 0 Å². The number of hydrogen-bond donors (Lipinski definition) is 7. The lowest BCUT2D eigenvalue weighted by Crippen LogP contribution is -2.53. The first kappa shape index (κ1) is 111. The van der Waals surface area contributed by atoms with Crippen molar-refractivity contribution in [1.82, 2.24) is 50.2 Å². The van der Waals surface area contributed by atoms with E-state index in [1.165, 1.54) is 57.8 Å². The van der Waals surface area contributed by atoms with Gasteiger partial charge in [-0.15, -0.1) is 0 Å². The van der Waals surface area contributed by atoms with E-state index in [0.29, 0.717) is 51.6 Å². The van der Waals surface area contributed by atoms with Crippen molar-refractivity contribution in [1.29, 1.82) is 0 Å². The van der Waals surface area contributed by atoms with Gasteiger partial charge in [-0.25, -0.2) is 33.6 Å². The van der Waals surface area contributed by atoms with Crippen molar-refractivity contribution in [3.05, 3.63) is 191 Å². The standard InChI is InChI=1S/C35H37N3O7.C28H31N3O7.C20H28N2O6.C11H19NO5.C10H17NO5/c1-43-24-18-31(33(40)36-19-32(39)44-21-23-10-3-2-4-11-23)38(20-24)34(41)30-16-9-17-37(30)35(42)45-22-29-27-14-7-5-12-25(27)26-13-6-8-15-28(26)29;1-37-17-13-24(26(34)29-14-25(32)33)31(15-17)27(35)23-11-6-12-30(23)28(36)38-16-22-20-9-4-2-7-18(20)19-8-3-5-10-21(19)22;1-20(2,3)28-19(25)22-12-15(26-4)10-16(22)18(24)21-11-17(23)27-13-14-8-6-5-7-9-14;1-11(2,3)17-10(15)12-6-7(16-4)5-8(12)9(13)14;1-10(2,3)16-9(15)11-5-6(12)4-7(11)8(13)14/h2-8,10-15,24,29-31H,9,16-22H2,1H3,(H,36,40);2-5,7-10,17,22-24H,6,11-16H2,1H3,(H,29,34)(H,32,33);5-9,15-16H,10-13H2,1-4H3,(H,21,24);7-8H,5-6H2,1-4H3,(H,13,14);6-7,12H,4-5H2,1-3H3,(H,13,14)/t24-,30?,31+;17-,23?,24+;15-,16+;7-,8+;6-,7+/m11111/s1. The minimum Gasteiger partial charge on any atom is -0.480 e. The Hall–Kier alpha value is -13.8. The summed E-state index contributed by atoms with van der Waals surface area (Å²) in [5, 5.41) is 43.7. The SMILES string of the molecule is CC(C)(C)OC(=O)N1C[C@H](O)C[C@H]1C(=O)O.CO[C@@H]1C[C@@H](C(=O)NCC(=O)O)N(C(=O)C2CCCN2C(=O)OCC2c3ccccc3-c3ccccc32)C1.CO[C@@H]1C[C@@H](C(=O)NCC(=O)OCc2ccccc2)N(C(=O)C2CCCN2C(=O)OCC2c3ccccc3-c3ccccc32)C1.CO[C@@H]1C[C@@H](C(=O)NCC(=O)OCc2ccccc2)N(C(=O)OC(C)(C)C)C1.CO[C@@H]1C[C@@H](C(=O)O)N(C(=O)OC(C)(C)C)C1. The zero-order valence-corrected chi connectivity index (χ0v) is 83.4. The van der Waals surface area contributed by atoms with Crippen LogP contribution in [0.4, 0.5) is 24.0 Å². The zero-order chi connectivity index (χ0) is 105. The number of carboxylic acids is 3. The van der Waals surface area contributed by atoms with E-state index >= 15 is 0 Å². The Labute approximate surface area is 835 Å². The van der Waals surface area contributed by atoms with Gasteiger partial charge in [0.25, 0.3) is 0 Å². The molecule has 144 heavy (non-hydrogen) atoms. The Balaban J connectivity index is 0.000000181. The van der Waals surface area contributed by atoms with Crippen molar-refractivity contribution in [2.24, 2.45) is 0 Å². The Kier molecular flexibility index (Phi) is 38.7. The molecule has 0 spiro atoms. The molecule has 0 bridgehead atoms. The third-order valence-electron chi connectivity index (χ3n) is 25.5. The summed E-state index contributed by atoms with van der Waals surface area (Å²) in [6.45, 7) is 16.7. The lowest BCUT2D eigenvalue weighted by Gasteiger charge is -2.30. The van der Waals surface area contributed by atoms with Crippen molar-refractivity contribution >= 4 is 89.8 Å². The highest BCUT2D eigenvalue weighted by molar-refractivity contribution is 5.96. The highest BCUT2D eigenvalue weighted by Gasteiger charge is 2.51. The van der Waals surface area contributed by atoms with Gasteiger partial charge >= 0.3 is 60.3 Å². The molecule has 7 heterocycles. The van der Waals surface area contributed by atoms with Gasteiger partial charge in [-0.3, -0.25) is 62.9 Å². The summed E-state index contributed by atoms with van der Waals surface area (Å²) in [4.78, 5) is 195. The fourth-order valence-corrected chi connectivity index (χ4v) is 18.6. The molecular weight excluding hydrogens is 1870 g/mol. The second kappa shape index (κ2) is 50.4. The number of carbonyl (C=O) groups excluding carboxylic acids is 12. The number of aliphatic carboxylic acids is 3. The second-order valence-corrected chi connectivity index (χ2v) is 39.0. The molecule has 10 amide bonds. The summed E-state index contributed by atoms with van der Waals surface area (Å²) in [5.74, 6) is -6.78. The van der Waals surface area contributed by atoms with Gasteiger partial charge in [-0.2, -0.15) is 0 Å². The van der Waals surface area contributed by atoms with Crippen LogP contribution in [-0.4, -0.2) is 341 Å². The number of aliphatic hydroxyl groups is 1. The third-order valence-corrected chi connectivity index (χ3v) is 25.5. The maximum Gasteiger partial charge on any atom is 0.411 e. The quantitative estimate of drug-likeness (QED) is 0.0207. The molecule has 0 saturated carbocycles. The number of rotatable bonds is 25. The third kappa shape index (κ3) is 29.7. The molecule has 2 aliphatic carbocycles. The first-order chi connectivity index (χ1) is 68.5. The number of benzene rings is 6. The first-order valence-electron chi connectivity index (χ1n) is 48.0. The maximum absolute atomic E-state index is 13.9. The molecule has 40 nitrogen and oxygen atoms in total. The van der Waals surface area contributed by atoms with E-state index in [2.05, 4.69) is 52.3 Å². The van der Waals surface area contributed by atoms with Gasteiger partial charge in [0.15, 0.2) is 0 Å². The molecule has 2 unspecified atom stereocenters. The summed E-state index contributed by atoms with van der Waals surface area (Å²) in [6, 6.07) is 45.1. The molecule has 15 rings (SSSR count). The van der Waals surface area contributed by atoms with E-state index in [0.717, 1.165) is 60.5 Å². The number of amides is 10. The zero-order valence-electron chi connectivity index (χ0n) is 83.4. The fraction of sp³-hybridized carbons (Fsp3) is 0.510. The molecule has 6 aromatic carbocycles. The van der Waals surface area contributed by atoms with Crippen molar-refractivity contribution in [2.75, 3.05) is 107 Å². The Bertz CT molecular complexity index is 5420. The molecule has 0 radical (unpaired) electrons. The normalized spacial score (nSPS) is 21.8. The number of esters is 2. The van der Waals surface area contributed by atoms with Gasteiger partial charge in [0.1, 0.15) is 105 Å². The number of aliphatic hydroxyl groups excluding tert-OH is 1. The number of nitrogens with one attached hydrogen (secondary N) is 3. The molecule has 40 heteroatoms. The predicted molar refractivity (Wildman–Crippen MR) is 517 cm³/mol. The fourth-order valence-electron chi connectivity index (χ4n) is 18.6. The predicted octanol–water partition coefficient (Wildman–Crippen LogP) is 9.50. The lowest BCUT2D eigenvalue weighted by molar-refractivity contribution is -0.146. The van der Waals surface area contributed by atoms with E-state index in [1.807, 2.05) is 121 Å². The lowest BCUT2D eigenvalue weighted by atomic mass is 9.98. The monoisotopic (exact) mass is 2000 g/mol. The van der Waals surface area contributed by atoms with E-state index in [-0.39, 0.29) is 140 Å². The summed E-state index contributed by atoms with van der Waals surface area (Å²) < 4.78 is 58.9. The van der Waals surface area contributed by atoms with Gasteiger partial charge in [-0.1, -0.05) is 158 Å². The largest absolute Gasteiger partial charge is 0.480 e. The second-order valence-electron chi connectivity index (χ2n) is 39.0. The topological polar surface area (TPSA) is 497 Å². The molecule has 7 N–H and O–H groups in total. The number of methoxy groups -OCH3 is 4. The molecule has 7 aliphatic heterocycles. The average molecular weight is 2000 g/mol. The molecule has 9 aliphatic rings. The van der Waals surface area contributed by atoms with Crippen LogP contribution in [0.15, 0.2) is 158 Å². The van der Waals surface area contributed by atoms with Crippen LogP contribution in [0.2, 0.25) is 0 Å². The number of hydrogen-bond acceptors (Lipinski definition) is 27. The van der Waals surface area contributed by atoms with Crippen LogP contribution in [0.5, 0.6) is 0 Å². The highest BCUT2D eigenvalue weighted by atomic mass is 16.6. The van der Waals surface area contributed by atoms with Crippen LogP contribution in [0.1, 0.15) is 165 Å². The van der Waals surface area contributed by atoms with Gasteiger partial charge in [-0.05, 0) is 144 Å². The van der Waals surface area contributed by atoms with Gasteiger partial charge in [0.05, 0.1) is 50.2 Å². The van der Waals surface area contributed by atoms with Gasteiger partial charge in [0, 0.05) is 98.6 Å². The number of β-amino-alcohol motifs (C(OH)–C–C–N with tert-alkyl or cyclic N) is 1. The van der Waals surface area contributed by atoms with Crippen LogP contribution in [0.3, 0.4) is 0 Å². The van der Waals surface area contributed by atoms with Crippen LogP contribution < -0.4 is 16.0 Å². The molecule has 778 valence electrons. The number of likely N-dealkylation sites (tertiary alicyclic amines) is 7. The van der Waals surface area contributed by atoms with E-state index in [9.17, 15) is 77.0 Å². The Morgan fingerprint density at radius 3 is 0.931 bits per heavy atom. The van der Waals surface area contributed by atoms with Gasteiger partial charge in [0.2, 0.25) is 29.5 Å². The van der Waals surface area contributed by atoms with E-state index in [4.69, 9.17) is 67.4 Å². The molecule has 12 atom stereocenters. The average Bonchev–Trinajstić information content (AvgIpc) is 1.61. The smallest absolute Gasteiger partial charge is 0.411 e. The molecule has 6 aromatic rings. The summed E-state index contributed by atoms with van der Waals surface area (Å²) in [6.07, 6.45) is -1.58. The van der Waals surface area contributed by atoms with Crippen molar-refractivity contribution in [3.8, 4) is 22.3 Å². The summed E-state index contributed by atoms with van der Waals surface area (Å²) in [7, 11) is 6.07. The minimum atomic E-state index is -1.17. The molecule has 7 saturated heterocycles. The Morgan fingerprint density at radius 2 is 0.611 bits per heavy atom. The Morgan fingerprint density at radius 1 is 0.326 bits per heavy atom. The number of carboxylic acid groups (broad SMARTS) is 3. The van der Waals surface area contributed by atoms with Gasteiger partial charge < -0.3 is 98.3 Å². The first-order valence-corrected chi connectivity index (χ1v) is 48.0. The van der Waals surface area contributed by atoms with E-state index in [1.54, 1.807) is 62.3 Å². The van der Waals surface area contributed by atoms with Crippen molar-refractivity contribution in [3.63, 3.8) is 0 Å². The highest BCUT2D eigenvalue weighted by Crippen LogP contribution is 2.47. The van der Waals surface area contributed by atoms with Crippen LogP contribution in [0.25, 0.3) is 22.3 Å². The van der Waals surface area contributed by atoms with Crippen molar-refractivity contribution < 1.29 is 144 Å².